The molecule has 0 aliphatic carbocycles. The first-order valence-corrected chi connectivity index (χ1v) is 7.54. The van der Waals surface area contributed by atoms with Gasteiger partial charge in [0.05, 0.1) is 10.2 Å². The van der Waals surface area contributed by atoms with Gasteiger partial charge in [-0.3, -0.25) is 9.48 Å². The molecule has 1 amide bonds. The average Bonchev–Trinajstić information content (AvgIpc) is 2.67. The number of nitrogens with zero attached hydrogens (tertiary/aromatic N) is 2. The number of amides is 1. The molecule has 20 heavy (non-hydrogen) atoms. The van der Waals surface area contributed by atoms with Crippen LogP contribution in [0.5, 0.6) is 0 Å². The molecule has 0 bridgehead atoms. The zero-order chi connectivity index (χ0) is 15.1. The number of alkyl halides is 2. The molecule has 1 aromatic heterocycles. The molecule has 1 N–H and O–H groups in total. The molecule has 1 heterocycles. The highest BCUT2D eigenvalue weighted by atomic mass is 79.9. The number of carbonyl (C=O) groups excluding carboxylic acids is 1. The fourth-order valence-corrected chi connectivity index (χ4v) is 2.27. The van der Waals surface area contributed by atoms with E-state index >= 15 is 0 Å². The van der Waals surface area contributed by atoms with E-state index in [0.29, 0.717) is 12.2 Å². The van der Waals surface area contributed by atoms with Gasteiger partial charge in [-0.05, 0) is 29.3 Å². The van der Waals surface area contributed by atoms with Crippen molar-refractivity contribution in [1.82, 2.24) is 15.1 Å². The molecule has 0 aliphatic heterocycles. The van der Waals surface area contributed by atoms with Crippen LogP contribution in [-0.4, -0.2) is 22.2 Å². The first-order chi connectivity index (χ1) is 9.47. The molecule has 0 spiro atoms. The van der Waals surface area contributed by atoms with Crippen molar-refractivity contribution in [1.29, 1.82) is 0 Å². The molecule has 0 fully saturated rings. The highest BCUT2D eigenvalue weighted by Gasteiger charge is 2.20. The normalized spacial score (nSPS) is 11.1. The minimum absolute atomic E-state index is 0.0368. The van der Waals surface area contributed by atoms with Crippen LogP contribution in [0.2, 0.25) is 0 Å². The smallest absolute Gasteiger partial charge is 0.283 e. The van der Waals surface area contributed by atoms with E-state index in [2.05, 4.69) is 33.3 Å². The Kier molecular flexibility index (Phi) is 7.12. The molecule has 0 aliphatic rings. The molecule has 0 saturated heterocycles. The van der Waals surface area contributed by atoms with Gasteiger partial charge in [-0.15, -0.1) is 0 Å². The average molecular weight is 352 g/mol. The number of carbonyl (C=O) groups is 1. The second-order valence-electron chi connectivity index (χ2n) is 4.65. The van der Waals surface area contributed by atoms with Crippen molar-refractivity contribution in [2.75, 3.05) is 6.54 Å². The van der Waals surface area contributed by atoms with Crippen molar-refractivity contribution in [3.8, 4) is 0 Å². The fraction of sp³-hybridized carbons (Fsp3) is 0.692. The lowest BCUT2D eigenvalue weighted by molar-refractivity contribution is -0.121. The first-order valence-electron chi connectivity index (χ1n) is 6.75. The van der Waals surface area contributed by atoms with Crippen molar-refractivity contribution in [2.45, 2.75) is 52.5 Å². The molecule has 0 atom stereocenters. The van der Waals surface area contributed by atoms with Crippen LogP contribution in [0, 0.1) is 6.92 Å². The Morgan fingerprint density at radius 3 is 2.65 bits per heavy atom. The topological polar surface area (TPSA) is 46.9 Å². The van der Waals surface area contributed by atoms with Gasteiger partial charge in [-0.1, -0.05) is 26.2 Å². The monoisotopic (exact) mass is 351 g/mol. The zero-order valence-electron chi connectivity index (χ0n) is 11.8. The summed E-state index contributed by atoms with van der Waals surface area (Å²) in [6, 6.07) is 0. The number of rotatable bonds is 8. The van der Waals surface area contributed by atoms with Gasteiger partial charge in [-0.25, -0.2) is 8.78 Å². The lowest BCUT2D eigenvalue weighted by Gasteiger charge is -2.06. The summed E-state index contributed by atoms with van der Waals surface area (Å²) in [5, 5.41) is 6.54. The Bertz CT molecular complexity index is 449. The van der Waals surface area contributed by atoms with Gasteiger partial charge in [0.1, 0.15) is 12.2 Å². The van der Waals surface area contributed by atoms with Crippen LogP contribution in [0.4, 0.5) is 8.78 Å². The second kappa shape index (κ2) is 8.34. The molecule has 4 nitrogen and oxygen atoms in total. The number of halogens is 3. The largest absolute Gasteiger partial charge is 0.354 e. The summed E-state index contributed by atoms with van der Waals surface area (Å²) in [7, 11) is 0. The Labute approximate surface area is 126 Å². The van der Waals surface area contributed by atoms with Crippen molar-refractivity contribution in [2.24, 2.45) is 0 Å². The lowest BCUT2D eigenvalue weighted by atomic mass is 10.2. The Morgan fingerprint density at radius 1 is 1.40 bits per heavy atom. The van der Waals surface area contributed by atoms with E-state index in [1.54, 1.807) is 6.92 Å². The molecule has 0 saturated carbocycles. The predicted molar refractivity (Wildman–Crippen MR) is 76.8 cm³/mol. The highest BCUT2D eigenvalue weighted by Crippen LogP contribution is 2.28. The maximum absolute atomic E-state index is 12.7. The Balaban J connectivity index is 2.48. The van der Waals surface area contributed by atoms with Crippen LogP contribution in [-0.2, 0) is 11.3 Å². The molecule has 0 unspecified atom stereocenters. The van der Waals surface area contributed by atoms with Crippen LogP contribution < -0.4 is 5.32 Å². The molecule has 114 valence electrons. The van der Waals surface area contributed by atoms with E-state index in [9.17, 15) is 13.6 Å². The van der Waals surface area contributed by atoms with Crippen molar-refractivity contribution in [3.63, 3.8) is 0 Å². The van der Waals surface area contributed by atoms with Gasteiger partial charge >= 0.3 is 0 Å². The van der Waals surface area contributed by atoms with Crippen molar-refractivity contribution < 1.29 is 13.6 Å². The minimum Gasteiger partial charge on any atom is -0.354 e. The third-order valence-electron chi connectivity index (χ3n) is 3.01. The summed E-state index contributed by atoms with van der Waals surface area (Å²) in [4.78, 5) is 11.7. The van der Waals surface area contributed by atoms with E-state index in [4.69, 9.17) is 0 Å². The van der Waals surface area contributed by atoms with E-state index < -0.39 is 6.43 Å². The van der Waals surface area contributed by atoms with Crippen LogP contribution in [0.3, 0.4) is 0 Å². The van der Waals surface area contributed by atoms with Gasteiger partial charge in [0, 0.05) is 6.54 Å². The van der Waals surface area contributed by atoms with E-state index in [0.717, 1.165) is 25.7 Å². The molecule has 0 radical (unpaired) electrons. The number of nitrogens with one attached hydrogen (secondary N) is 1. The second-order valence-corrected chi connectivity index (χ2v) is 5.45. The summed E-state index contributed by atoms with van der Waals surface area (Å²) in [6.07, 6.45) is 1.66. The minimum atomic E-state index is -2.65. The standard InChI is InChI=1S/C13H20BrF2N3O/c1-3-4-5-6-7-17-10(20)8-19-9(2)11(14)12(18-19)13(15)16/h13H,3-8H2,1-2H3,(H,17,20). The summed E-state index contributed by atoms with van der Waals surface area (Å²) in [5.41, 5.74) is 0.208. The summed E-state index contributed by atoms with van der Waals surface area (Å²) < 4.78 is 26.9. The van der Waals surface area contributed by atoms with Gasteiger partial charge in [-0.2, -0.15) is 5.10 Å². The summed E-state index contributed by atoms with van der Waals surface area (Å²) >= 11 is 3.08. The molecular formula is C13H20BrF2N3O. The summed E-state index contributed by atoms with van der Waals surface area (Å²) in [6.45, 7) is 4.35. The third kappa shape index (κ3) is 4.85. The van der Waals surface area contributed by atoms with Gasteiger partial charge in [0.25, 0.3) is 6.43 Å². The Morgan fingerprint density at radius 2 is 2.10 bits per heavy atom. The van der Waals surface area contributed by atoms with Gasteiger partial charge in [0.15, 0.2) is 0 Å². The van der Waals surface area contributed by atoms with Crippen LogP contribution in [0.15, 0.2) is 4.47 Å². The summed E-state index contributed by atoms with van der Waals surface area (Å²) in [5.74, 6) is -0.208. The SMILES string of the molecule is CCCCCCNC(=O)Cn1nc(C(F)F)c(Br)c1C. The fourth-order valence-electron chi connectivity index (χ4n) is 1.81. The molecule has 0 aromatic carbocycles. The Hall–Kier alpha value is -0.980. The van der Waals surface area contributed by atoms with E-state index in [1.807, 2.05) is 0 Å². The highest BCUT2D eigenvalue weighted by molar-refractivity contribution is 9.10. The number of unbranched alkanes of at least 4 members (excludes halogenated alkanes) is 3. The number of hydrogen-bond donors (Lipinski definition) is 1. The first kappa shape index (κ1) is 17.1. The molecule has 7 heteroatoms. The van der Waals surface area contributed by atoms with E-state index in [-0.39, 0.29) is 22.6 Å². The molecular weight excluding hydrogens is 332 g/mol. The maximum Gasteiger partial charge on any atom is 0.283 e. The predicted octanol–water partition coefficient (Wildman–Crippen LogP) is 3.59. The molecule has 1 aromatic rings. The quantitative estimate of drug-likeness (QED) is 0.727. The third-order valence-corrected chi connectivity index (χ3v) is 3.99. The van der Waals surface area contributed by atoms with Crippen molar-refractivity contribution >= 4 is 21.8 Å². The number of hydrogen-bond acceptors (Lipinski definition) is 2. The lowest BCUT2D eigenvalue weighted by Crippen LogP contribution is -2.29. The zero-order valence-corrected chi connectivity index (χ0v) is 13.3. The van der Waals surface area contributed by atoms with Crippen LogP contribution in [0.1, 0.15) is 50.4 Å². The van der Waals surface area contributed by atoms with Crippen LogP contribution >= 0.6 is 15.9 Å². The van der Waals surface area contributed by atoms with Crippen molar-refractivity contribution in [3.05, 3.63) is 15.9 Å². The van der Waals surface area contributed by atoms with E-state index in [1.165, 1.54) is 4.68 Å². The van der Waals surface area contributed by atoms with Gasteiger partial charge in [0.2, 0.25) is 5.91 Å². The van der Waals surface area contributed by atoms with Crippen LogP contribution in [0.25, 0.3) is 0 Å². The maximum atomic E-state index is 12.7. The molecule has 1 rings (SSSR count). The number of aromatic nitrogens is 2. The van der Waals surface area contributed by atoms with Gasteiger partial charge < -0.3 is 5.32 Å².